The van der Waals surface area contributed by atoms with E-state index in [0.717, 1.165) is 17.0 Å². The first-order valence-corrected chi connectivity index (χ1v) is 10.7. The van der Waals surface area contributed by atoms with Crippen molar-refractivity contribution < 1.29 is 14.3 Å². The number of nitrogens with zero attached hydrogens (tertiary/aromatic N) is 2. The second-order valence-electron chi connectivity index (χ2n) is 7.90. The van der Waals surface area contributed by atoms with Crippen LogP contribution in [0.3, 0.4) is 0 Å². The van der Waals surface area contributed by atoms with Crippen LogP contribution in [-0.2, 0) is 11.3 Å². The van der Waals surface area contributed by atoms with Crippen molar-refractivity contribution >= 4 is 29.2 Å². The summed E-state index contributed by atoms with van der Waals surface area (Å²) in [5.41, 5.74) is 1.78. The molecule has 2 heterocycles. The highest BCUT2D eigenvalue weighted by atomic mass is 35.5. The van der Waals surface area contributed by atoms with E-state index in [2.05, 4.69) is 5.32 Å². The van der Waals surface area contributed by atoms with Crippen molar-refractivity contribution in [3.05, 3.63) is 59.1 Å². The van der Waals surface area contributed by atoms with Crippen molar-refractivity contribution in [3.8, 4) is 5.75 Å². The molecule has 0 saturated carbocycles. The summed E-state index contributed by atoms with van der Waals surface area (Å²) in [6.45, 7) is 4.09. The average Bonchev–Trinajstić information content (AvgIpc) is 2.76. The number of anilines is 1. The summed E-state index contributed by atoms with van der Waals surface area (Å²) in [6, 6.07) is 15.1. The molecule has 7 heteroatoms. The van der Waals surface area contributed by atoms with E-state index in [1.54, 1.807) is 4.90 Å². The summed E-state index contributed by atoms with van der Waals surface area (Å²) in [7, 11) is 0. The molecule has 6 nitrogen and oxygen atoms in total. The van der Waals surface area contributed by atoms with Gasteiger partial charge < -0.3 is 15.0 Å². The van der Waals surface area contributed by atoms with Crippen molar-refractivity contribution in [3.63, 3.8) is 0 Å². The molecule has 2 aromatic carbocycles. The number of halogens is 1. The first-order valence-electron chi connectivity index (χ1n) is 10.4. The third kappa shape index (κ3) is 4.54. The molecule has 30 heavy (non-hydrogen) atoms. The van der Waals surface area contributed by atoms with Gasteiger partial charge in [0.05, 0.1) is 12.2 Å². The highest BCUT2D eigenvalue weighted by Crippen LogP contribution is 2.34. The molecule has 0 aliphatic carbocycles. The standard InChI is InChI=1S/C23H26ClN3O3/c1-16-15-27(20-7-2-3-8-21(20)30-16)23(29)26-11-9-18(10-12-26)22(28)25-14-17-5-4-6-19(24)13-17/h2-8,13,16,18H,9-12,14-15H2,1H3,(H,25,28)/t16-/m1/s1. The van der Waals surface area contributed by atoms with E-state index in [1.165, 1.54) is 0 Å². The number of piperidine rings is 1. The normalized spacial score (nSPS) is 19.1. The number of para-hydroxylation sites is 2. The van der Waals surface area contributed by atoms with Gasteiger partial charge in [-0.05, 0) is 49.6 Å². The molecular weight excluding hydrogens is 402 g/mol. The summed E-state index contributed by atoms with van der Waals surface area (Å²) >= 11 is 6.00. The third-order valence-corrected chi connectivity index (χ3v) is 5.88. The van der Waals surface area contributed by atoms with E-state index in [4.69, 9.17) is 16.3 Å². The Balaban J connectivity index is 1.32. The van der Waals surface area contributed by atoms with E-state index in [-0.39, 0.29) is 24.0 Å². The topological polar surface area (TPSA) is 61.9 Å². The number of rotatable bonds is 3. The minimum absolute atomic E-state index is 0.0182. The van der Waals surface area contributed by atoms with Gasteiger partial charge in [0, 0.05) is 30.6 Å². The van der Waals surface area contributed by atoms with E-state index >= 15 is 0 Å². The molecular formula is C23H26ClN3O3. The third-order valence-electron chi connectivity index (χ3n) is 5.65. The number of carbonyl (C=O) groups is 2. The summed E-state index contributed by atoms with van der Waals surface area (Å²) in [5.74, 6) is 0.691. The van der Waals surface area contributed by atoms with Gasteiger partial charge in [0.25, 0.3) is 0 Å². The Morgan fingerprint density at radius 1 is 1.13 bits per heavy atom. The van der Waals surface area contributed by atoms with Crippen LogP contribution in [0.4, 0.5) is 10.5 Å². The highest BCUT2D eigenvalue weighted by molar-refractivity contribution is 6.30. The lowest BCUT2D eigenvalue weighted by Crippen LogP contribution is -2.52. The average molecular weight is 428 g/mol. The first kappa shape index (κ1) is 20.5. The molecule has 0 bridgehead atoms. The number of benzene rings is 2. The zero-order valence-corrected chi connectivity index (χ0v) is 17.8. The molecule has 0 aromatic heterocycles. The monoisotopic (exact) mass is 427 g/mol. The molecule has 2 aliphatic heterocycles. The first-order chi connectivity index (χ1) is 14.5. The van der Waals surface area contributed by atoms with E-state index in [9.17, 15) is 9.59 Å². The SMILES string of the molecule is C[C@@H]1CN(C(=O)N2CCC(C(=O)NCc3cccc(Cl)c3)CC2)c2ccccc2O1. The Kier molecular flexibility index (Phi) is 6.13. The van der Waals surface area contributed by atoms with Gasteiger partial charge in [-0.1, -0.05) is 35.9 Å². The van der Waals surface area contributed by atoms with E-state index in [0.29, 0.717) is 44.0 Å². The number of amides is 3. The van der Waals surface area contributed by atoms with Crippen LogP contribution in [0.1, 0.15) is 25.3 Å². The molecule has 0 spiro atoms. The summed E-state index contributed by atoms with van der Waals surface area (Å²) in [4.78, 5) is 29.4. The fourth-order valence-electron chi connectivity index (χ4n) is 4.05. The largest absolute Gasteiger partial charge is 0.487 e. The number of urea groups is 1. The maximum Gasteiger partial charge on any atom is 0.324 e. The number of hydrogen-bond acceptors (Lipinski definition) is 3. The Hall–Kier alpha value is -2.73. The van der Waals surface area contributed by atoms with Crippen LogP contribution in [0, 0.1) is 5.92 Å². The van der Waals surface area contributed by atoms with Gasteiger partial charge in [0.1, 0.15) is 11.9 Å². The van der Waals surface area contributed by atoms with Crippen LogP contribution in [0.5, 0.6) is 5.75 Å². The van der Waals surface area contributed by atoms with Crippen LogP contribution in [0.25, 0.3) is 0 Å². The van der Waals surface area contributed by atoms with Gasteiger partial charge in [-0.3, -0.25) is 9.69 Å². The minimum Gasteiger partial charge on any atom is -0.487 e. The molecule has 1 fully saturated rings. The fraction of sp³-hybridized carbons (Fsp3) is 0.391. The van der Waals surface area contributed by atoms with Gasteiger partial charge >= 0.3 is 6.03 Å². The number of carbonyl (C=O) groups excluding carboxylic acids is 2. The quantitative estimate of drug-likeness (QED) is 0.802. The predicted molar refractivity (Wildman–Crippen MR) is 117 cm³/mol. The maximum absolute atomic E-state index is 13.2. The lowest BCUT2D eigenvalue weighted by atomic mass is 9.96. The van der Waals surface area contributed by atoms with Gasteiger partial charge in [-0.15, -0.1) is 0 Å². The predicted octanol–water partition coefficient (Wildman–Crippen LogP) is 4.08. The summed E-state index contributed by atoms with van der Waals surface area (Å²) in [5, 5.41) is 3.65. The molecule has 4 rings (SSSR count). The molecule has 2 aliphatic rings. The number of ether oxygens (including phenoxy) is 1. The number of likely N-dealkylation sites (tertiary alicyclic amines) is 1. The molecule has 3 amide bonds. The van der Waals surface area contributed by atoms with Crippen LogP contribution in [0.15, 0.2) is 48.5 Å². The molecule has 1 atom stereocenters. The number of hydrogen-bond donors (Lipinski definition) is 1. The molecule has 1 saturated heterocycles. The van der Waals surface area contributed by atoms with Gasteiger partial charge in [0.15, 0.2) is 0 Å². The van der Waals surface area contributed by atoms with Crippen molar-refractivity contribution in [1.82, 2.24) is 10.2 Å². The Morgan fingerprint density at radius 2 is 1.90 bits per heavy atom. The summed E-state index contributed by atoms with van der Waals surface area (Å²) < 4.78 is 5.85. The second kappa shape index (κ2) is 8.96. The zero-order chi connectivity index (χ0) is 21.1. The minimum atomic E-state index is -0.0795. The molecule has 2 aromatic rings. The van der Waals surface area contributed by atoms with E-state index in [1.807, 2.05) is 60.4 Å². The second-order valence-corrected chi connectivity index (χ2v) is 8.33. The van der Waals surface area contributed by atoms with Gasteiger partial charge in [-0.2, -0.15) is 0 Å². The Labute approximate surface area is 181 Å². The van der Waals surface area contributed by atoms with Crippen LogP contribution >= 0.6 is 11.6 Å². The molecule has 158 valence electrons. The number of nitrogens with one attached hydrogen (secondary N) is 1. The van der Waals surface area contributed by atoms with Crippen molar-refractivity contribution in [2.75, 3.05) is 24.5 Å². The highest BCUT2D eigenvalue weighted by Gasteiger charge is 2.33. The van der Waals surface area contributed by atoms with Gasteiger partial charge in [-0.25, -0.2) is 4.79 Å². The Morgan fingerprint density at radius 3 is 2.67 bits per heavy atom. The molecule has 1 N–H and O–H groups in total. The van der Waals surface area contributed by atoms with Gasteiger partial charge in [0.2, 0.25) is 5.91 Å². The fourth-order valence-corrected chi connectivity index (χ4v) is 4.27. The molecule has 0 unspecified atom stereocenters. The van der Waals surface area contributed by atoms with Crippen LogP contribution < -0.4 is 15.0 Å². The van der Waals surface area contributed by atoms with Crippen molar-refractivity contribution in [2.45, 2.75) is 32.4 Å². The smallest absolute Gasteiger partial charge is 0.324 e. The van der Waals surface area contributed by atoms with Crippen molar-refractivity contribution in [1.29, 1.82) is 0 Å². The zero-order valence-electron chi connectivity index (χ0n) is 17.0. The maximum atomic E-state index is 13.2. The van der Waals surface area contributed by atoms with Crippen LogP contribution in [-0.4, -0.2) is 42.6 Å². The van der Waals surface area contributed by atoms with E-state index < -0.39 is 0 Å². The Bertz CT molecular complexity index is 927. The summed E-state index contributed by atoms with van der Waals surface area (Å²) in [6.07, 6.45) is 1.27. The lowest BCUT2D eigenvalue weighted by Gasteiger charge is -2.39. The molecule has 0 radical (unpaired) electrons. The van der Waals surface area contributed by atoms with Crippen LogP contribution in [0.2, 0.25) is 5.02 Å². The lowest BCUT2D eigenvalue weighted by molar-refractivity contribution is -0.126. The van der Waals surface area contributed by atoms with Crippen molar-refractivity contribution in [2.24, 2.45) is 5.92 Å². The number of fused-ring (bicyclic) bond motifs is 1.